The summed E-state index contributed by atoms with van der Waals surface area (Å²) in [6.45, 7) is 0.963. The Labute approximate surface area is 151 Å². The maximum Gasteiger partial charge on any atom is 0.161 e. The fourth-order valence-electron chi connectivity index (χ4n) is 3.22. The molecule has 0 unspecified atom stereocenters. The minimum absolute atomic E-state index is 0.258. The van der Waals surface area contributed by atoms with Crippen LogP contribution in [0.5, 0.6) is 17.2 Å². The van der Waals surface area contributed by atoms with Gasteiger partial charge in [0.05, 0.1) is 25.8 Å². The van der Waals surface area contributed by atoms with Crippen molar-refractivity contribution in [1.82, 2.24) is 5.32 Å². The summed E-state index contributed by atoms with van der Waals surface area (Å²) in [5, 5.41) is 3.62. The molecule has 0 amide bonds. The number of hydrogen-bond donors (Lipinski definition) is 1. The van der Waals surface area contributed by atoms with E-state index in [4.69, 9.17) is 14.2 Å². The molecule has 1 heterocycles. The minimum Gasteiger partial charge on any atom is -0.496 e. The normalized spacial score (nSPS) is 16.4. The van der Waals surface area contributed by atoms with Gasteiger partial charge in [-0.25, -0.2) is 0 Å². The summed E-state index contributed by atoms with van der Waals surface area (Å²) in [6.07, 6.45) is 1.91. The highest BCUT2D eigenvalue weighted by Crippen LogP contribution is 2.36. The van der Waals surface area contributed by atoms with Crippen molar-refractivity contribution in [2.24, 2.45) is 0 Å². The van der Waals surface area contributed by atoms with E-state index in [-0.39, 0.29) is 6.04 Å². The first-order valence-electron chi connectivity index (χ1n) is 7.97. The summed E-state index contributed by atoms with van der Waals surface area (Å²) in [5.74, 6) is 2.42. The molecule has 1 aliphatic heterocycles. The van der Waals surface area contributed by atoms with Gasteiger partial charge < -0.3 is 19.5 Å². The van der Waals surface area contributed by atoms with Crippen molar-refractivity contribution >= 4 is 15.9 Å². The first-order chi connectivity index (χ1) is 11.7. The van der Waals surface area contributed by atoms with Gasteiger partial charge in [-0.05, 0) is 76.3 Å². The van der Waals surface area contributed by atoms with E-state index in [0.29, 0.717) is 0 Å². The lowest BCUT2D eigenvalue weighted by atomic mass is 9.90. The number of halogens is 1. The van der Waals surface area contributed by atoms with Gasteiger partial charge >= 0.3 is 0 Å². The number of rotatable bonds is 5. The number of methoxy groups -OCH3 is 3. The molecule has 2 aromatic carbocycles. The molecular formula is C19H22BrNO3. The van der Waals surface area contributed by atoms with E-state index in [1.54, 1.807) is 21.3 Å². The van der Waals surface area contributed by atoms with Gasteiger partial charge in [0.2, 0.25) is 0 Å². The third kappa shape index (κ3) is 3.37. The smallest absolute Gasteiger partial charge is 0.161 e. The molecule has 1 atom stereocenters. The van der Waals surface area contributed by atoms with Crippen LogP contribution in [0.3, 0.4) is 0 Å². The molecule has 2 aromatic rings. The van der Waals surface area contributed by atoms with Crippen molar-refractivity contribution < 1.29 is 14.2 Å². The van der Waals surface area contributed by atoms with Gasteiger partial charge in [0.1, 0.15) is 5.75 Å². The van der Waals surface area contributed by atoms with Crippen LogP contribution in [0.4, 0.5) is 0 Å². The molecule has 0 aliphatic carbocycles. The van der Waals surface area contributed by atoms with Crippen LogP contribution in [-0.4, -0.2) is 27.9 Å². The van der Waals surface area contributed by atoms with Gasteiger partial charge in [-0.1, -0.05) is 6.07 Å². The molecular weight excluding hydrogens is 370 g/mol. The first-order valence-corrected chi connectivity index (χ1v) is 8.76. The van der Waals surface area contributed by atoms with E-state index in [2.05, 4.69) is 45.5 Å². The second kappa shape index (κ2) is 7.45. The molecule has 0 radical (unpaired) electrons. The number of benzene rings is 2. The monoisotopic (exact) mass is 391 g/mol. The minimum atomic E-state index is 0.258. The zero-order valence-corrected chi connectivity index (χ0v) is 15.8. The molecule has 128 valence electrons. The van der Waals surface area contributed by atoms with Crippen molar-refractivity contribution in [2.75, 3.05) is 27.9 Å². The third-order valence-corrected chi connectivity index (χ3v) is 5.08. The molecule has 1 aliphatic rings. The van der Waals surface area contributed by atoms with Gasteiger partial charge in [0.15, 0.2) is 11.5 Å². The summed E-state index contributed by atoms with van der Waals surface area (Å²) >= 11 is 3.56. The van der Waals surface area contributed by atoms with Crippen LogP contribution in [0, 0.1) is 0 Å². The molecule has 4 nitrogen and oxygen atoms in total. The van der Waals surface area contributed by atoms with Crippen LogP contribution < -0.4 is 19.5 Å². The number of hydrogen-bond acceptors (Lipinski definition) is 4. The first kappa shape index (κ1) is 17.1. The van der Waals surface area contributed by atoms with Crippen LogP contribution in [-0.2, 0) is 12.8 Å². The van der Waals surface area contributed by atoms with Crippen molar-refractivity contribution in [3.8, 4) is 17.2 Å². The second-order valence-corrected chi connectivity index (χ2v) is 6.69. The topological polar surface area (TPSA) is 39.7 Å². The van der Waals surface area contributed by atoms with Crippen LogP contribution in [0.25, 0.3) is 0 Å². The summed E-state index contributed by atoms with van der Waals surface area (Å²) in [4.78, 5) is 0. The van der Waals surface area contributed by atoms with Gasteiger partial charge in [-0.15, -0.1) is 0 Å². The van der Waals surface area contributed by atoms with E-state index in [0.717, 1.165) is 41.1 Å². The predicted octanol–water partition coefficient (Wildman–Crippen LogP) is 3.90. The Bertz CT molecular complexity index is 733. The third-order valence-electron chi connectivity index (χ3n) is 4.46. The van der Waals surface area contributed by atoms with Gasteiger partial charge in [-0.2, -0.15) is 0 Å². The highest BCUT2D eigenvalue weighted by molar-refractivity contribution is 9.10. The summed E-state index contributed by atoms with van der Waals surface area (Å²) < 4.78 is 17.2. The van der Waals surface area contributed by atoms with Crippen LogP contribution in [0.1, 0.15) is 22.7 Å². The summed E-state index contributed by atoms with van der Waals surface area (Å²) in [5.41, 5.74) is 3.86. The Morgan fingerprint density at radius 2 is 1.71 bits per heavy atom. The van der Waals surface area contributed by atoms with Crippen molar-refractivity contribution in [1.29, 1.82) is 0 Å². The average Bonchev–Trinajstić information content (AvgIpc) is 2.61. The Morgan fingerprint density at radius 3 is 2.38 bits per heavy atom. The molecule has 0 bridgehead atoms. The van der Waals surface area contributed by atoms with Crippen molar-refractivity contribution in [2.45, 2.75) is 18.9 Å². The zero-order chi connectivity index (χ0) is 17.1. The molecule has 0 saturated heterocycles. The molecule has 0 saturated carbocycles. The molecule has 0 aromatic heterocycles. The lowest BCUT2D eigenvalue weighted by Gasteiger charge is -2.28. The van der Waals surface area contributed by atoms with E-state index in [1.165, 1.54) is 16.7 Å². The number of ether oxygens (including phenoxy) is 3. The molecule has 0 spiro atoms. The van der Waals surface area contributed by atoms with E-state index in [1.807, 2.05) is 6.07 Å². The van der Waals surface area contributed by atoms with E-state index >= 15 is 0 Å². The second-order valence-electron chi connectivity index (χ2n) is 5.84. The maximum absolute atomic E-state index is 5.47. The SMILES string of the molecule is COc1ccc(C[C@H]2NCCc3cc(OC)c(OC)cc32)cc1Br. The largest absolute Gasteiger partial charge is 0.496 e. The van der Waals surface area contributed by atoms with E-state index in [9.17, 15) is 0 Å². The zero-order valence-electron chi connectivity index (χ0n) is 14.2. The molecule has 1 N–H and O–H groups in total. The number of fused-ring (bicyclic) bond motifs is 1. The van der Waals surface area contributed by atoms with Crippen LogP contribution in [0.15, 0.2) is 34.8 Å². The Kier molecular flexibility index (Phi) is 5.31. The van der Waals surface area contributed by atoms with Gasteiger partial charge in [0.25, 0.3) is 0 Å². The highest BCUT2D eigenvalue weighted by atomic mass is 79.9. The fourth-order valence-corrected chi connectivity index (χ4v) is 3.81. The fraction of sp³-hybridized carbons (Fsp3) is 0.368. The van der Waals surface area contributed by atoms with Gasteiger partial charge in [0, 0.05) is 6.04 Å². The van der Waals surface area contributed by atoms with E-state index < -0.39 is 0 Å². The lowest BCUT2D eigenvalue weighted by Crippen LogP contribution is -2.31. The van der Waals surface area contributed by atoms with Gasteiger partial charge in [-0.3, -0.25) is 0 Å². The highest BCUT2D eigenvalue weighted by Gasteiger charge is 2.23. The average molecular weight is 392 g/mol. The molecule has 0 fully saturated rings. The Hall–Kier alpha value is -1.72. The summed E-state index contributed by atoms with van der Waals surface area (Å²) in [7, 11) is 5.03. The Morgan fingerprint density at radius 1 is 1.00 bits per heavy atom. The molecule has 3 rings (SSSR count). The van der Waals surface area contributed by atoms with Crippen LogP contribution >= 0.6 is 15.9 Å². The number of nitrogens with one attached hydrogen (secondary N) is 1. The lowest BCUT2D eigenvalue weighted by molar-refractivity contribution is 0.352. The predicted molar refractivity (Wildman–Crippen MR) is 98.4 cm³/mol. The van der Waals surface area contributed by atoms with Crippen molar-refractivity contribution in [3.63, 3.8) is 0 Å². The maximum atomic E-state index is 5.47. The summed E-state index contributed by atoms with van der Waals surface area (Å²) in [6, 6.07) is 10.7. The van der Waals surface area contributed by atoms with Crippen LogP contribution in [0.2, 0.25) is 0 Å². The standard InChI is InChI=1S/C19H22BrNO3/c1-22-17-5-4-12(8-15(17)20)9-16-14-11-19(24-3)18(23-2)10-13(14)6-7-21-16/h4-5,8,10-11,16,21H,6-7,9H2,1-3H3/t16-/m1/s1. The van der Waals surface area contributed by atoms with Crippen molar-refractivity contribution in [3.05, 3.63) is 51.5 Å². The Balaban J connectivity index is 1.90. The molecule has 5 heteroatoms. The quantitative estimate of drug-likeness (QED) is 0.838. The molecule has 24 heavy (non-hydrogen) atoms.